The van der Waals surface area contributed by atoms with Crippen molar-refractivity contribution >= 4 is 23.3 Å². The highest BCUT2D eigenvalue weighted by molar-refractivity contribution is 6.30. The van der Waals surface area contributed by atoms with Gasteiger partial charge in [0.25, 0.3) is 0 Å². The second-order valence-electron chi connectivity index (χ2n) is 7.59. The Hall–Kier alpha value is -3.19. The van der Waals surface area contributed by atoms with Crippen molar-refractivity contribution in [3.05, 3.63) is 81.5 Å². The molecule has 1 saturated carbocycles. The van der Waals surface area contributed by atoms with Crippen LogP contribution in [0.4, 0.5) is 0 Å². The minimum absolute atomic E-state index is 0.0855. The molecule has 31 heavy (non-hydrogen) atoms. The van der Waals surface area contributed by atoms with E-state index in [4.69, 9.17) is 11.6 Å². The number of para-hydroxylation sites is 1. The van der Waals surface area contributed by atoms with Gasteiger partial charge in [-0.05, 0) is 49.2 Å². The Balaban J connectivity index is 1.32. The molecule has 1 aromatic heterocycles. The van der Waals surface area contributed by atoms with E-state index in [1.165, 1.54) is 4.68 Å². The Morgan fingerprint density at radius 3 is 2.42 bits per heavy atom. The van der Waals surface area contributed by atoms with Gasteiger partial charge in [0, 0.05) is 35.9 Å². The Morgan fingerprint density at radius 1 is 1.03 bits per heavy atom. The van der Waals surface area contributed by atoms with Gasteiger partial charge in [-0.1, -0.05) is 29.8 Å². The molecule has 1 fully saturated rings. The summed E-state index contributed by atoms with van der Waals surface area (Å²) in [6.07, 6.45) is 2.26. The van der Waals surface area contributed by atoms with E-state index in [9.17, 15) is 14.4 Å². The van der Waals surface area contributed by atoms with Crippen LogP contribution in [0.2, 0.25) is 5.02 Å². The average Bonchev–Trinajstić information content (AvgIpc) is 3.57. The predicted octanol–water partition coefficient (Wildman–Crippen LogP) is 3.34. The quantitative estimate of drug-likeness (QED) is 0.519. The van der Waals surface area contributed by atoms with Gasteiger partial charge in [0.2, 0.25) is 5.91 Å². The highest BCUT2D eigenvalue weighted by atomic mass is 35.5. The van der Waals surface area contributed by atoms with Crippen molar-refractivity contribution in [2.45, 2.75) is 38.1 Å². The highest BCUT2D eigenvalue weighted by Crippen LogP contribution is 2.39. The predicted molar refractivity (Wildman–Crippen MR) is 118 cm³/mol. The van der Waals surface area contributed by atoms with Gasteiger partial charge >= 0.3 is 5.69 Å². The molecule has 7 nitrogen and oxygen atoms in total. The standard InChI is InChI=1S/C23H23ClN4O3/c24-18-10-8-16(9-11-18)20(29)12-13-21(30)25-14-15-27-23(31)28(19-4-2-1-3-5-19)22(26-27)17-6-7-17/h1-5,8-11,17H,6-7,12-15H2,(H,25,30). The van der Waals surface area contributed by atoms with E-state index in [1.54, 1.807) is 28.8 Å². The van der Waals surface area contributed by atoms with Crippen LogP contribution in [0, 0.1) is 0 Å². The van der Waals surface area contributed by atoms with E-state index < -0.39 is 0 Å². The summed E-state index contributed by atoms with van der Waals surface area (Å²) in [5.41, 5.74) is 1.12. The fourth-order valence-electron chi connectivity index (χ4n) is 3.39. The lowest BCUT2D eigenvalue weighted by Gasteiger charge is -2.05. The van der Waals surface area contributed by atoms with Gasteiger partial charge in [-0.25, -0.2) is 14.0 Å². The maximum absolute atomic E-state index is 12.9. The number of carbonyl (C=O) groups is 2. The van der Waals surface area contributed by atoms with Crippen LogP contribution in [0.1, 0.15) is 47.8 Å². The molecule has 2 aromatic carbocycles. The first-order valence-electron chi connectivity index (χ1n) is 10.3. The van der Waals surface area contributed by atoms with Crippen molar-refractivity contribution in [3.63, 3.8) is 0 Å². The third-order valence-electron chi connectivity index (χ3n) is 5.21. The molecule has 3 aromatic rings. The van der Waals surface area contributed by atoms with E-state index in [1.807, 2.05) is 30.3 Å². The number of rotatable bonds is 9. The van der Waals surface area contributed by atoms with Crippen LogP contribution in [0.3, 0.4) is 0 Å². The smallest absolute Gasteiger partial charge is 0.350 e. The van der Waals surface area contributed by atoms with Gasteiger partial charge in [-0.2, -0.15) is 5.10 Å². The summed E-state index contributed by atoms with van der Waals surface area (Å²) >= 11 is 5.82. The molecule has 1 heterocycles. The normalized spacial score (nSPS) is 13.2. The molecule has 160 valence electrons. The van der Waals surface area contributed by atoms with Crippen molar-refractivity contribution in [1.82, 2.24) is 19.7 Å². The monoisotopic (exact) mass is 438 g/mol. The Labute approximate surface area is 184 Å². The molecule has 4 rings (SSSR count). The molecule has 0 saturated heterocycles. The zero-order valence-corrected chi connectivity index (χ0v) is 17.7. The van der Waals surface area contributed by atoms with Gasteiger partial charge in [0.1, 0.15) is 5.82 Å². The molecule has 0 unspecified atom stereocenters. The number of carbonyl (C=O) groups excluding carboxylic acids is 2. The average molecular weight is 439 g/mol. The first-order chi connectivity index (χ1) is 15.0. The van der Waals surface area contributed by atoms with Crippen LogP contribution in [-0.4, -0.2) is 32.6 Å². The first-order valence-corrected chi connectivity index (χ1v) is 10.7. The Bertz CT molecular complexity index is 1130. The Kier molecular flexibility index (Phi) is 6.32. The lowest BCUT2D eigenvalue weighted by molar-refractivity contribution is -0.121. The third-order valence-corrected chi connectivity index (χ3v) is 5.46. The van der Waals surface area contributed by atoms with E-state index in [-0.39, 0.29) is 43.3 Å². The molecule has 8 heteroatoms. The number of Topliss-reactive ketones (excluding diaryl/α,β-unsaturated/α-hetero) is 1. The molecule has 1 aliphatic carbocycles. The molecule has 1 amide bonds. The molecule has 1 aliphatic rings. The minimum Gasteiger partial charge on any atom is -0.354 e. The van der Waals surface area contributed by atoms with E-state index in [2.05, 4.69) is 10.4 Å². The minimum atomic E-state index is -0.236. The Morgan fingerprint density at radius 2 is 1.74 bits per heavy atom. The summed E-state index contributed by atoms with van der Waals surface area (Å²) in [5.74, 6) is 0.734. The van der Waals surface area contributed by atoms with Crippen molar-refractivity contribution in [3.8, 4) is 5.69 Å². The molecule has 0 spiro atoms. The van der Waals surface area contributed by atoms with Crippen LogP contribution in [0.25, 0.3) is 5.69 Å². The number of amides is 1. The molecular formula is C23H23ClN4O3. The molecule has 0 atom stereocenters. The number of aromatic nitrogens is 3. The van der Waals surface area contributed by atoms with Crippen LogP contribution in [0.5, 0.6) is 0 Å². The number of hydrogen-bond acceptors (Lipinski definition) is 4. The lowest BCUT2D eigenvalue weighted by atomic mass is 10.1. The summed E-state index contributed by atoms with van der Waals surface area (Å²) in [6.45, 7) is 0.541. The van der Waals surface area contributed by atoms with Crippen molar-refractivity contribution in [2.24, 2.45) is 0 Å². The summed E-state index contributed by atoms with van der Waals surface area (Å²) in [6, 6.07) is 16.1. The third kappa shape index (κ3) is 5.11. The van der Waals surface area contributed by atoms with Crippen molar-refractivity contribution in [2.75, 3.05) is 6.54 Å². The fourth-order valence-corrected chi connectivity index (χ4v) is 3.52. The SMILES string of the molecule is O=C(CCC(=O)c1ccc(Cl)cc1)NCCn1nc(C2CC2)n(-c2ccccc2)c1=O. The summed E-state index contributed by atoms with van der Waals surface area (Å²) < 4.78 is 3.06. The number of nitrogens with zero attached hydrogens (tertiary/aromatic N) is 3. The maximum atomic E-state index is 12.9. The van der Waals surface area contributed by atoms with Crippen LogP contribution >= 0.6 is 11.6 Å². The number of hydrogen-bond donors (Lipinski definition) is 1. The van der Waals surface area contributed by atoms with E-state index in [0.29, 0.717) is 16.5 Å². The second-order valence-corrected chi connectivity index (χ2v) is 8.03. The van der Waals surface area contributed by atoms with Gasteiger partial charge in [0.05, 0.1) is 12.2 Å². The summed E-state index contributed by atoms with van der Waals surface area (Å²) in [5, 5.41) is 7.84. The van der Waals surface area contributed by atoms with Crippen molar-refractivity contribution < 1.29 is 9.59 Å². The number of nitrogens with one attached hydrogen (secondary N) is 1. The van der Waals surface area contributed by atoms with Gasteiger partial charge in [-0.15, -0.1) is 0 Å². The molecule has 0 bridgehead atoms. The zero-order valence-electron chi connectivity index (χ0n) is 17.0. The second kappa shape index (κ2) is 9.31. The lowest BCUT2D eigenvalue weighted by Crippen LogP contribution is -2.32. The first kappa shape index (κ1) is 21.1. The number of halogens is 1. The highest BCUT2D eigenvalue weighted by Gasteiger charge is 2.31. The molecule has 0 aliphatic heterocycles. The topological polar surface area (TPSA) is 86.0 Å². The van der Waals surface area contributed by atoms with E-state index in [0.717, 1.165) is 24.4 Å². The largest absolute Gasteiger partial charge is 0.354 e. The maximum Gasteiger partial charge on any atom is 0.350 e. The summed E-state index contributed by atoms with van der Waals surface area (Å²) in [4.78, 5) is 37.2. The molecule has 1 N–H and O–H groups in total. The number of ketones is 1. The van der Waals surface area contributed by atoms with Crippen LogP contribution < -0.4 is 11.0 Å². The van der Waals surface area contributed by atoms with Gasteiger partial charge in [-0.3, -0.25) is 9.59 Å². The van der Waals surface area contributed by atoms with Gasteiger partial charge in [0.15, 0.2) is 5.78 Å². The van der Waals surface area contributed by atoms with Crippen LogP contribution in [-0.2, 0) is 11.3 Å². The fraction of sp³-hybridized carbons (Fsp3) is 0.304. The van der Waals surface area contributed by atoms with Crippen LogP contribution in [0.15, 0.2) is 59.4 Å². The van der Waals surface area contributed by atoms with Gasteiger partial charge < -0.3 is 5.32 Å². The van der Waals surface area contributed by atoms with Crippen molar-refractivity contribution in [1.29, 1.82) is 0 Å². The van der Waals surface area contributed by atoms with E-state index >= 15 is 0 Å². The zero-order chi connectivity index (χ0) is 21.8. The number of benzene rings is 2. The molecule has 0 radical (unpaired) electrons. The molecular weight excluding hydrogens is 416 g/mol. The summed E-state index contributed by atoms with van der Waals surface area (Å²) in [7, 11) is 0.